The van der Waals surface area contributed by atoms with Gasteiger partial charge in [0.25, 0.3) is 0 Å². The Labute approximate surface area is 93.9 Å². The van der Waals surface area contributed by atoms with Crippen molar-refractivity contribution >= 4 is 11.8 Å². The van der Waals surface area contributed by atoms with E-state index >= 15 is 0 Å². The SMILES string of the molecule is Nc1cccc(C2CNCCN2C(=O)O)c1. The van der Waals surface area contributed by atoms with Crippen LogP contribution in [0.15, 0.2) is 24.3 Å². The van der Waals surface area contributed by atoms with Gasteiger partial charge in [-0.2, -0.15) is 0 Å². The number of hydrogen-bond acceptors (Lipinski definition) is 3. The molecule has 0 radical (unpaired) electrons. The second-order valence-corrected chi connectivity index (χ2v) is 3.87. The molecular weight excluding hydrogens is 206 g/mol. The van der Waals surface area contributed by atoms with Crippen LogP contribution < -0.4 is 11.1 Å². The molecule has 0 spiro atoms. The van der Waals surface area contributed by atoms with Crippen molar-refractivity contribution in [3.05, 3.63) is 29.8 Å². The molecule has 0 aromatic heterocycles. The van der Waals surface area contributed by atoms with Gasteiger partial charge < -0.3 is 16.2 Å². The topological polar surface area (TPSA) is 78.6 Å². The normalized spacial score (nSPS) is 20.8. The average molecular weight is 221 g/mol. The lowest BCUT2D eigenvalue weighted by Crippen LogP contribution is -2.48. The van der Waals surface area contributed by atoms with Crippen LogP contribution in [-0.2, 0) is 0 Å². The van der Waals surface area contributed by atoms with Gasteiger partial charge in [-0.05, 0) is 17.7 Å². The van der Waals surface area contributed by atoms with Crippen molar-refractivity contribution in [3.63, 3.8) is 0 Å². The average Bonchev–Trinajstić information content (AvgIpc) is 2.29. The highest BCUT2D eigenvalue weighted by Gasteiger charge is 2.27. The third kappa shape index (κ3) is 2.09. The maximum absolute atomic E-state index is 11.1. The van der Waals surface area contributed by atoms with Gasteiger partial charge in [-0.1, -0.05) is 12.1 Å². The largest absolute Gasteiger partial charge is 0.465 e. The third-order valence-electron chi connectivity index (χ3n) is 2.78. The summed E-state index contributed by atoms with van der Waals surface area (Å²) in [6, 6.07) is 7.23. The summed E-state index contributed by atoms with van der Waals surface area (Å²) >= 11 is 0. The van der Waals surface area contributed by atoms with Crippen LogP contribution in [0.25, 0.3) is 0 Å². The summed E-state index contributed by atoms with van der Waals surface area (Å²) in [7, 11) is 0. The van der Waals surface area contributed by atoms with E-state index in [2.05, 4.69) is 5.32 Å². The molecule has 1 fully saturated rings. The first-order chi connectivity index (χ1) is 7.68. The molecule has 1 aromatic carbocycles. The Bertz CT molecular complexity index is 395. The molecule has 0 aliphatic carbocycles. The lowest BCUT2D eigenvalue weighted by molar-refractivity contribution is 0.112. The molecule has 1 aliphatic rings. The molecule has 0 bridgehead atoms. The van der Waals surface area contributed by atoms with E-state index in [4.69, 9.17) is 10.8 Å². The van der Waals surface area contributed by atoms with Crippen LogP contribution >= 0.6 is 0 Å². The molecule has 0 saturated carbocycles. The van der Waals surface area contributed by atoms with Crippen LogP contribution in [-0.4, -0.2) is 35.7 Å². The zero-order valence-electron chi connectivity index (χ0n) is 8.89. The standard InChI is InChI=1S/C11H15N3O2/c12-9-3-1-2-8(6-9)10-7-13-4-5-14(10)11(15)16/h1-3,6,10,13H,4-5,7,12H2,(H,15,16). The lowest BCUT2D eigenvalue weighted by Gasteiger charge is -2.34. The van der Waals surface area contributed by atoms with E-state index in [1.54, 1.807) is 6.07 Å². The van der Waals surface area contributed by atoms with Gasteiger partial charge in [0.2, 0.25) is 0 Å². The molecule has 2 rings (SSSR count). The molecule has 1 aliphatic heterocycles. The van der Waals surface area contributed by atoms with Crippen molar-refractivity contribution in [1.29, 1.82) is 0 Å². The number of nitrogen functional groups attached to an aromatic ring is 1. The first-order valence-corrected chi connectivity index (χ1v) is 5.24. The summed E-state index contributed by atoms with van der Waals surface area (Å²) in [5.74, 6) is 0. The quantitative estimate of drug-likeness (QED) is 0.615. The van der Waals surface area contributed by atoms with E-state index in [1.807, 2.05) is 18.2 Å². The van der Waals surface area contributed by atoms with Gasteiger partial charge in [-0.15, -0.1) is 0 Å². The number of carbonyl (C=O) groups is 1. The van der Waals surface area contributed by atoms with Crippen molar-refractivity contribution < 1.29 is 9.90 Å². The van der Waals surface area contributed by atoms with Crippen LogP contribution in [0.5, 0.6) is 0 Å². The fraction of sp³-hybridized carbons (Fsp3) is 0.364. The fourth-order valence-corrected chi connectivity index (χ4v) is 2.00. The molecule has 1 heterocycles. The molecule has 1 saturated heterocycles. The van der Waals surface area contributed by atoms with Gasteiger partial charge in [0, 0.05) is 25.3 Å². The van der Waals surface area contributed by atoms with Gasteiger partial charge in [0.1, 0.15) is 0 Å². The summed E-state index contributed by atoms with van der Waals surface area (Å²) in [5, 5.41) is 12.3. The van der Waals surface area contributed by atoms with Crippen molar-refractivity contribution in [3.8, 4) is 0 Å². The molecule has 1 atom stereocenters. The molecule has 1 amide bonds. The molecule has 86 valence electrons. The molecule has 16 heavy (non-hydrogen) atoms. The van der Waals surface area contributed by atoms with Crippen molar-refractivity contribution in [2.75, 3.05) is 25.4 Å². The smallest absolute Gasteiger partial charge is 0.407 e. The number of carboxylic acid groups (broad SMARTS) is 1. The molecule has 5 nitrogen and oxygen atoms in total. The first-order valence-electron chi connectivity index (χ1n) is 5.24. The number of piperazine rings is 1. The Morgan fingerprint density at radius 3 is 3.06 bits per heavy atom. The van der Waals surface area contributed by atoms with Crippen molar-refractivity contribution in [1.82, 2.24) is 10.2 Å². The highest BCUT2D eigenvalue weighted by atomic mass is 16.4. The first kappa shape index (κ1) is 10.8. The van der Waals surface area contributed by atoms with Crippen LogP contribution in [0, 0.1) is 0 Å². The van der Waals surface area contributed by atoms with E-state index in [0.29, 0.717) is 25.3 Å². The van der Waals surface area contributed by atoms with Gasteiger partial charge in [0.15, 0.2) is 0 Å². The second-order valence-electron chi connectivity index (χ2n) is 3.87. The number of nitrogens with one attached hydrogen (secondary N) is 1. The Kier molecular flexibility index (Phi) is 2.96. The predicted molar refractivity (Wildman–Crippen MR) is 61.2 cm³/mol. The van der Waals surface area contributed by atoms with E-state index in [1.165, 1.54) is 4.90 Å². The third-order valence-corrected chi connectivity index (χ3v) is 2.78. The van der Waals surface area contributed by atoms with Crippen LogP contribution in [0.2, 0.25) is 0 Å². The Hall–Kier alpha value is -1.75. The summed E-state index contributed by atoms with van der Waals surface area (Å²) < 4.78 is 0. The number of rotatable bonds is 1. The summed E-state index contributed by atoms with van der Waals surface area (Å²) in [5.41, 5.74) is 7.30. The van der Waals surface area contributed by atoms with Crippen molar-refractivity contribution in [2.45, 2.75) is 6.04 Å². The number of nitrogens with two attached hydrogens (primary N) is 1. The summed E-state index contributed by atoms with van der Waals surface area (Å²) in [6.07, 6.45) is -0.881. The van der Waals surface area contributed by atoms with Gasteiger partial charge in [-0.25, -0.2) is 4.79 Å². The molecule has 5 heteroatoms. The number of hydrogen-bond donors (Lipinski definition) is 3. The predicted octanol–water partition coefficient (Wildman–Crippen LogP) is 0.893. The van der Waals surface area contributed by atoms with Gasteiger partial charge in [0.05, 0.1) is 6.04 Å². The minimum Gasteiger partial charge on any atom is -0.465 e. The van der Waals surface area contributed by atoms with Crippen LogP contribution in [0.4, 0.5) is 10.5 Å². The van der Waals surface area contributed by atoms with Gasteiger partial charge in [-0.3, -0.25) is 4.90 Å². The monoisotopic (exact) mass is 221 g/mol. The number of nitrogens with zero attached hydrogens (tertiary/aromatic N) is 1. The van der Waals surface area contributed by atoms with E-state index in [0.717, 1.165) is 5.56 Å². The summed E-state index contributed by atoms with van der Waals surface area (Å²) in [4.78, 5) is 12.5. The van der Waals surface area contributed by atoms with E-state index in [9.17, 15) is 4.79 Å². The van der Waals surface area contributed by atoms with E-state index in [-0.39, 0.29) is 6.04 Å². The zero-order valence-corrected chi connectivity index (χ0v) is 8.89. The highest BCUT2D eigenvalue weighted by molar-refractivity contribution is 5.66. The van der Waals surface area contributed by atoms with E-state index < -0.39 is 6.09 Å². The minimum absolute atomic E-state index is 0.144. The lowest BCUT2D eigenvalue weighted by atomic mass is 10.0. The molecule has 1 unspecified atom stereocenters. The number of benzene rings is 1. The zero-order chi connectivity index (χ0) is 11.5. The molecule has 4 N–H and O–H groups in total. The minimum atomic E-state index is -0.881. The van der Waals surface area contributed by atoms with Crippen molar-refractivity contribution in [2.24, 2.45) is 0 Å². The molecule has 1 aromatic rings. The van der Waals surface area contributed by atoms with Crippen LogP contribution in [0.3, 0.4) is 0 Å². The fourth-order valence-electron chi connectivity index (χ4n) is 2.00. The summed E-state index contributed by atoms with van der Waals surface area (Å²) in [6.45, 7) is 1.84. The number of amides is 1. The Balaban J connectivity index is 2.26. The maximum Gasteiger partial charge on any atom is 0.407 e. The Morgan fingerprint density at radius 1 is 1.56 bits per heavy atom. The molecular formula is C11H15N3O2. The Morgan fingerprint density at radius 2 is 2.38 bits per heavy atom. The van der Waals surface area contributed by atoms with Crippen LogP contribution in [0.1, 0.15) is 11.6 Å². The highest BCUT2D eigenvalue weighted by Crippen LogP contribution is 2.23. The number of anilines is 1. The maximum atomic E-state index is 11.1. The van der Waals surface area contributed by atoms with Gasteiger partial charge >= 0.3 is 6.09 Å². The second kappa shape index (κ2) is 4.40.